The summed E-state index contributed by atoms with van der Waals surface area (Å²) < 4.78 is 11.8. The molecule has 0 aliphatic rings. The van der Waals surface area contributed by atoms with E-state index in [2.05, 4.69) is 10.4 Å². The Morgan fingerprint density at radius 1 is 1.26 bits per heavy atom. The number of aryl methyl sites for hydroxylation is 1. The van der Waals surface area contributed by atoms with Crippen LogP contribution in [0.15, 0.2) is 30.5 Å². The fourth-order valence-corrected chi connectivity index (χ4v) is 1.71. The van der Waals surface area contributed by atoms with E-state index < -0.39 is 0 Å². The highest BCUT2D eigenvalue weighted by Crippen LogP contribution is 2.25. The van der Waals surface area contributed by atoms with Crippen LogP contribution in [0.4, 0.5) is 5.69 Å². The molecule has 0 unspecified atom stereocenters. The molecule has 0 spiro atoms. The first-order chi connectivity index (χ1) is 9.15. The summed E-state index contributed by atoms with van der Waals surface area (Å²) in [6, 6.07) is 7.19. The Kier molecular flexibility index (Phi) is 3.70. The first-order valence-electron chi connectivity index (χ1n) is 5.67. The van der Waals surface area contributed by atoms with E-state index in [0.29, 0.717) is 17.0 Å². The van der Waals surface area contributed by atoms with Crippen LogP contribution in [-0.2, 0) is 7.05 Å². The topological polar surface area (TPSA) is 65.4 Å². The number of carbonyl (C=O) groups is 1. The summed E-state index contributed by atoms with van der Waals surface area (Å²) in [6.07, 6.45) is 1.60. The van der Waals surface area contributed by atoms with Gasteiger partial charge < -0.3 is 14.8 Å². The third kappa shape index (κ3) is 2.67. The number of nitrogens with one attached hydrogen (secondary N) is 1. The van der Waals surface area contributed by atoms with Gasteiger partial charge in [-0.25, -0.2) is 0 Å². The minimum atomic E-state index is -0.297. The van der Waals surface area contributed by atoms with Crippen molar-refractivity contribution in [1.82, 2.24) is 9.78 Å². The van der Waals surface area contributed by atoms with Gasteiger partial charge in [0.25, 0.3) is 5.91 Å². The Labute approximate surface area is 110 Å². The molecule has 1 N–H and O–H groups in total. The normalized spacial score (nSPS) is 10.1. The van der Waals surface area contributed by atoms with Gasteiger partial charge in [0.15, 0.2) is 0 Å². The molecule has 0 saturated carbocycles. The first-order valence-corrected chi connectivity index (χ1v) is 5.67. The fourth-order valence-electron chi connectivity index (χ4n) is 1.71. The molecule has 2 aromatic rings. The maximum Gasteiger partial charge on any atom is 0.262 e. The Morgan fingerprint density at radius 3 is 2.68 bits per heavy atom. The van der Waals surface area contributed by atoms with Gasteiger partial charge in [-0.1, -0.05) is 12.1 Å². The molecule has 0 aliphatic heterocycles. The molecule has 6 nitrogen and oxygen atoms in total. The summed E-state index contributed by atoms with van der Waals surface area (Å²) >= 11 is 0. The van der Waals surface area contributed by atoms with E-state index in [1.165, 1.54) is 11.8 Å². The second-order valence-corrected chi connectivity index (χ2v) is 3.88. The van der Waals surface area contributed by atoms with Crippen LogP contribution in [0.1, 0.15) is 10.4 Å². The number of hydrogen-bond donors (Lipinski definition) is 1. The van der Waals surface area contributed by atoms with Crippen molar-refractivity contribution in [2.24, 2.45) is 7.05 Å². The molecule has 0 saturated heterocycles. The van der Waals surface area contributed by atoms with Crippen LogP contribution in [-0.4, -0.2) is 29.9 Å². The predicted octanol–water partition coefficient (Wildman–Crippen LogP) is 1.69. The lowest BCUT2D eigenvalue weighted by Gasteiger charge is -2.09. The maximum absolute atomic E-state index is 12.2. The number of amides is 1. The van der Waals surface area contributed by atoms with Crippen molar-refractivity contribution in [2.75, 3.05) is 19.5 Å². The third-order valence-electron chi connectivity index (χ3n) is 2.59. The second kappa shape index (κ2) is 5.43. The van der Waals surface area contributed by atoms with Gasteiger partial charge >= 0.3 is 0 Å². The Balaban J connectivity index is 2.25. The lowest BCUT2D eigenvalue weighted by atomic mass is 10.2. The summed E-state index contributed by atoms with van der Waals surface area (Å²) in [6.45, 7) is 0. The first kappa shape index (κ1) is 12.9. The molecule has 6 heteroatoms. The van der Waals surface area contributed by atoms with Crippen LogP contribution in [0, 0.1) is 0 Å². The molecule has 1 aromatic carbocycles. The molecule has 1 aromatic heterocycles. The minimum absolute atomic E-state index is 0.287. The molecule has 0 radical (unpaired) electrons. The lowest BCUT2D eigenvalue weighted by Crippen LogP contribution is -2.13. The van der Waals surface area contributed by atoms with E-state index >= 15 is 0 Å². The van der Waals surface area contributed by atoms with E-state index in [1.54, 1.807) is 32.5 Å². The molecular formula is C13H15N3O3. The summed E-state index contributed by atoms with van der Waals surface area (Å²) in [7, 11) is 4.75. The average Bonchev–Trinajstić information content (AvgIpc) is 2.80. The minimum Gasteiger partial charge on any atom is -0.495 e. The number of rotatable bonds is 4. The van der Waals surface area contributed by atoms with Crippen LogP contribution in [0.3, 0.4) is 0 Å². The molecular weight excluding hydrogens is 246 g/mol. The van der Waals surface area contributed by atoms with Gasteiger partial charge in [-0.2, -0.15) is 0 Å². The maximum atomic E-state index is 12.2. The Hall–Kier alpha value is -2.50. The number of hydrogen-bond acceptors (Lipinski definition) is 4. The molecule has 0 bridgehead atoms. The lowest BCUT2D eigenvalue weighted by molar-refractivity contribution is 0.102. The monoisotopic (exact) mass is 261 g/mol. The molecule has 0 aliphatic carbocycles. The van der Waals surface area contributed by atoms with Gasteiger partial charge in [0.05, 0.1) is 19.9 Å². The zero-order valence-corrected chi connectivity index (χ0v) is 11.0. The van der Waals surface area contributed by atoms with E-state index in [9.17, 15) is 4.79 Å². The zero-order chi connectivity index (χ0) is 13.8. The van der Waals surface area contributed by atoms with Gasteiger partial charge in [-0.15, -0.1) is 5.10 Å². The zero-order valence-electron chi connectivity index (χ0n) is 11.0. The summed E-state index contributed by atoms with van der Waals surface area (Å²) in [5.74, 6) is 0.586. The van der Waals surface area contributed by atoms with Crippen molar-refractivity contribution in [2.45, 2.75) is 0 Å². The van der Waals surface area contributed by atoms with Crippen molar-refractivity contribution in [3.63, 3.8) is 0 Å². The number of nitrogens with zero attached hydrogens (tertiary/aromatic N) is 2. The number of carbonyl (C=O) groups excluding carboxylic acids is 1. The fraction of sp³-hybridized carbons (Fsp3) is 0.231. The third-order valence-corrected chi connectivity index (χ3v) is 2.59. The van der Waals surface area contributed by atoms with Crippen molar-refractivity contribution >= 4 is 11.6 Å². The van der Waals surface area contributed by atoms with Gasteiger partial charge in [0.1, 0.15) is 11.3 Å². The smallest absolute Gasteiger partial charge is 0.262 e. The van der Waals surface area contributed by atoms with Crippen molar-refractivity contribution in [1.29, 1.82) is 0 Å². The van der Waals surface area contributed by atoms with Crippen LogP contribution in [0.25, 0.3) is 0 Å². The highest BCUT2D eigenvalue weighted by atomic mass is 16.5. The second-order valence-electron chi connectivity index (χ2n) is 3.88. The van der Waals surface area contributed by atoms with E-state index in [0.717, 1.165) is 0 Å². The molecule has 1 amide bonds. The number of aromatic nitrogens is 2. The van der Waals surface area contributed by atoms with Crippen molar-refractivity contribution in [3.05, 3.63) is 36.0 Å². The van der Waals surface area contributed by atoms with Crippen molar-refractivity contribution < 1.29 is 14.3 Å². The molecule has 0 fully saturated rings. The van der Waals surface area contributed by atoms with E-state index in [-0.39, 0.29) is 11.8 Å². The molecule has 1 heterocycles. The summed E-state index contributed by atoms with van der Waals surface area (Å²) in [5, 5.41) is 6.81. The number of benzene rings is 1. The van der Waals surface area contributed by atoms with Gasteiger partial charge in [-0.05, 0) is 12.1 Å². The van der Waals surface area contributed by atoms with Crippen LogP contribution in [0.2, 0.25) is 0 Å². The largest absolute Gasteiger partial charge is 0.495 e. The van der Waals surface area contributed by atoms with E-state index in [1.807, 2.05) is 12.1 Å². The predicted molar refractivity (Wildman–Crippen MR) is 70.7 cm³/mol. The summed E-state index contributed by atoms with van der Waals surface area (Å²) in [5.41, 5.74) is 0.969. The average molecular weight is 261 g/mol. The summed E-state index contributed by atoms with van der Waals surface area (Å²) in [4.78, 5) is 12.2. The number of anilines is 1. The quantitative estimate of drug-likeness (QED) is 0.909. The van der Waals surface area contributed by atoms with Crippen LogP contribution >= 0.6 is 0 Å². The van der Waals surface area contributed by atoms with Gasteiger partial charge in [0.2, 0.25) is 5.88 Å². The highest BCUT2D eigenvalue weighted by Gasteiger charge is 2.17. The van der Waals surface area contributed by atoms with Crippen LogP contribution < -0.4 is 14.8 Å². The van der Waals surface area contributed by atoms with Gasteiger partial charge in [0, 0.05) is 13.2 Å². The number of methoxy groups -OCH3 is 2. The molecule has 100 valence electrons. The Bertz CT molecular complexity index is 593. The van der Waals surface area contributed by atoms with Crippen LogP contribution in [0.5, 0.6) is 11.6 Å². The van der Waals surface area contributed by atoms with Crippen molar-refractivity contribution in [3.8, 4) is 11.6 Å². The molecule has 2 rings (SSSR count). The standard InChI is InChI=1S/C13H15N3O3/c1-16-8-9(13(15-16)19-3)12(17)14-10-6-4-5-7-11(10)18-2/h4-8H,1-3H3,(H,14,17). The molecule has 0 atom stereocenters. The van der Waals surface area contributed by atoms with E-state index in [4.69, 9.17) is 9.47 Å². The molecule has 19 heavy (non-hydrogen) atoms. The number of para-hydroxylation sites is 2. The van der Waals surface area contributed by atoms with Gasteiger partial charge in [-0.3, -0.25) is 9.48 Å². The highest BCUT2D eigenvalue weighted by molar-refractivity contribution is 6.06. The SMILES string of the molecule is COc1ccccc1NC(=O)c1cn(C)nc1OC. The Morgan fingerprint density at radius 2 is 2.00 bits per heavy atom. The number of ether oxygens (including phenoxy) is 2.